The normalized spacial score (nSPS) is 12.0. The second-order valence-electron chi connectivity index (χ2n) is 7.60. The Morgan fingerprint density at radius 1 is 0.966 bits per heavy atom. The van der Waals surface area contributed by atoms with Gasteiger partial charge in [0.2, 0.25) is 0 Å². The molecule has 4 nitrogen and oxygen atoms in total. The lowest BCUT2D eigenvalue weighted by molar-refractivity contribution is -0.127. The van der Waals surface area contributed by atoms with Gasteiger partial charge in [0.1, 0.15) is 18.1 Å². The lowest BCUT2D eigenvalue weighted by Crippen LogP contribution is -2.38. The fraction of sp³-hybridized carbons (Fsp3) is 0.320. The van der Waals surface area contributed by atoms with Crippen molar-refractivity contribution >= 4 is 16.7 Å². The molecule has 0 heterocycles. The Morgan fingerprint density at radius 3 is 2.48 bits per heavy atom. The molecule has 3 aromatic rings. The minimum atomic E-state index is -0.574. The molecule has 3 aromatic carbocycles. The molecule has 152 valence electrons. The molecule has 0 bridgehead atoms. The number of amides is 1. The summed E-state index contributed by atoms with van der Waals surface area (Å²) in [5.41, 5.74) is 2.22. The van der Waals surface area contributed by atoms with Crippen LogP contribution in [0.3, 0.4) is 0 Å². The van der Waals surface area contributed by atoms with Crippen molar-refractivity contribution in [3.63, 3.8) is 0 Å². The molecule has 0 spiro atoms. The van der Waals surface area contributed by atoms with Crippen molar-refractivity contribution in [2.24, 2.45) is 0 Å². The fourth-order valence-corrected chi connectivity index (χ4v) is 3.21. The summed E-state index contributed by atoms with van der Waals surface area (Å²) in [6.07, 6.45) is -0.574. The van der Waals surface area contributed by atoms with Crippen LogP contribution < -0.4 is 14.8 Å². The number of fused-ring (bicyclic) bond motifs is 1. The molecule has 0 aliphatic rings. The third-order valence-electron chi connectivity index (χ3n) is 4.85. The van der Waals surface area contributed by atoms with E-state index in [0.717, 1.165) is 28.0 Å². The molecule has 4 heteroatoms. The van der Waals surface area contributed by atoms with E-state index in [9.17, 15) is 4.79 Å². The molecule has 0 radical (unpaired) electrons. The standard InChI is InChI=1S/C25H29NO3/c1-17(2)23-12-9-18(3)15-24(23)29-19(4)25(27)26-13-14-28-22-11-10-20-7-5-6-8-21(20)16-22/h5-12,15-17,19H,13-14H2,1-4H3,(H,26,27)/t19-/m1/s1. The molecule has 1 atom stereocenters. The SMILES string of the molecule is Cc1ccc(C(C)C)c(O[C@H](C)C(=O)NCCOc2ccc3ccccc3c2)c1. The number of carbonyl (C=O) groups is 1. The van der Waals surface area contributed by atoms with Crippen LogP contribution in [0.4, 0.5) is 0 Å². The van der Waals surface area contributed by atoms with Gasteiger partial charge in [-0.3, -0.25) is 4.79 Å². The highest BCUT2D eigenvalue weighted by molar-refractivity contribution is 5.83. The summed E-state index contributed by atoms with van der Waals surface area (Å²) in [5, 5.41) is 5.20. The highest BCUT2D eigenvalue weighted by Gasteiger charge is 2.17. The van der Waals surface area contributed by atoms with E-state index in [1.165, 1.54) is 5.39 Å². The smallest absolute Gasteiger partial charge is 0.260 e. The molecule has 1 amide bonds. The van der Waals surface area contributed by atoms with E-state index in [2.05, 4.69) is 43.4 Å². The Labute approximate surface area is 172 Å². The van der Waals surface area contributed by atoms with E-state index in [-0.39, 0.29) is 5.91 Å². The van der Waals surface area contributed by atoms with E-state index < -0.39 is 6.10 Å². The van der Waals surface area contributed by atoms with E-state index >= 15 is 0 Å². The number of ether oxygens (including phenoxy) is 2. The molecule has 0 aromatic heterocycles. The van der Waals surface area contributed by atoms with Crippen molar-refractivity contribution in [1.29, 1.82) is 0 Å². The first-order chi connectivity index (χ1) is 13.9. The predicted octanol–water partition coefficient (Wildman–Crippen LogP) is 5.23. The zero-order valence-electron chi connectivity index (χ0n) is 17.6. The van der Waals surface area contributed by atoms with Crippen LogP contribution in [0.15, 0.2) is 60.7 Å². The third-order valence-corrected chi connectivity index (χ3v) is 4.85. The summed E-state index contributed by atoms with van der Waals surface area (Å²) in [7, 11) is 0. The molecule has 0 aliphatic carbocycles. The maximum atomic E-state index is 12.4. The van der Waals surface area contributed by atoms with E-state index in [0.29, 0.717) is 19.1 Å². The van der Waals surface area contributed by atoms with Crippen molar-refractivity contribution in [3.8, 4) is 11.5 Å². The van der Waals surface area contributed by atoms with Gasteiger partial charge in [-0.05, 0) is 59.9 Å². The van der Waals surface area contributed by atoms with Gasteiger partial charge in [-0.1, -0.05) is 56.3 Å². The summed E-state index contributed by atoms with van der Waals surface area (Å²) in [6, 6.07) is 20.3. The van der Waals surface area contributed by atoms with Gasteiger partial charge in [0, 0.05) is 0 Å². The van der Waals surface area contributed by atoms with Gasteiger partial charge in [0.05, 0.1) is 6.54 Å². The Kier molecular flexibility index (Phi) is 6.76. The predicted molar refractivity (Wildman–Crippen MR) is 118 cm³/mol. The van der Waals surface area contributed by atoms with Gasteiger partial charge in [0.25, 0.3) is 5.91 Å². The van der Waals surface area contributed by atoms with Crippen LogP contribution in [0.1, 0.15) is 37.8 Å². The van der Waals surface area contributed by atoms with Gasteiger partial charge in [0.15, 0.2) is 6.10 Å². The Balaban J connectivity index is 1.49. The molecule has 3 rings (SSSR count). The average molecular weight is 392 g/mol. The fourth-order valence-electron chi connectivity index (χ4n) is 3.21. The van der Waals surface area contributed by atoms with E-state index in [1.807, 2.05) is 43.3 Å². The van der Waals surface area contributed by atoms with Crippen molar-refractivity contribution in [1.82, 2.24) is 5.32 Å². The number of hydrogen-bond donors (Lipinski definition) is 1. The first kappa shape index (κ1) is 20.7. The minimum absolute atomic E-state index is 0.150. The van der Waals surface area contributed by atoms with E-state index in [1.54, 1.807) is 6.92 Å². The zero-order valence-corrected chi connectivity index (χ0v) is 17.6. The number of rotatable bonds is 8. The molecular weight excluding hydrogens is 362 g/mol. The van der Waals surface area contributed by atoms with Gasteiger partial charge in [-0.2, -0.15) is 0 Å². The maximum Gasteiger partial charge on any atom is 0.260 e. The van der Waals surface area contributed by atoms with Crippen LogP contribution >= 0.6 is 0 Å². The first-order valence-corrected chi connectivity index (χ1v) is 10.1. The Bertz CT molecular complexity index is 981. The molecule has 0 saturated carbocycles. The number of hydrogen-bond acceptors (Lipinski definition) is 3. The number of nitrogens with one attached hydrogen (secondary N) is 1. The van der Waals surface area contributed by atoms with Crippen molar-refractivity contribution in [3.05, 3.63) is 71.8 Å². The van der Waals surface area contributed by atoms with Crippen LogP contribution in [0.5, 0.6) is 11.5 Å². The highest BCUT2D eigenvalue weighted by atomic mass is 16.5. The van der Waals surface area contributed by atoms with Crippen molar-refractivity contribution < 1.29 is 14.3 Å². The second-order valence-corrected chi connectivity index (χ2v) is 7.60. The summed E-state index contributed by atoms with van der Waals surface area (Å²) >= 11 is 0. The minimum Gasteiger partial charge on any atom is -0.492 e. The summed E-state index contributed by atoms with van der Waals surface area (Å²) in [5.74, 6) is 1.75. The third kappa shape index (κ3) is 5.50. The van der Waals surface area contributed by atoms with Gasteiger partial charge >= 0.3 is 0 Å². The molecule has 0 fully saturated rings. The molecule has 29 heavy (non-hydrogen) atoms. The van der Waals surface area contributed by atoms with Crippen molar-refractivity contribution in [2.75, 3.05) is 13.2 Å². The lowest BCUT2D eigenvalue weighted by Gasteiger charge is -2.19. The topological polar surface area (TPSA) is 47.6 Å². The summed E-state index contributed by atoms with van der Waals surface area (Å²) < 4.78 is 11.7. The van der Waals surface area contributed by atoms with Crippen LogP contribution in [-0.4, -0.2) is 25.2 Å². The number of benzene rings is 3. The highest BCUT2D eigenvalue weighted by Crippen LogP contribution is 2.28. The van der Waals surface area contributed by atoms with Gasteiger partial charge in [-0.25, -0.2) is 0 Å². The number of carbonyl (C=O) groups excluding carboxylic acids is 1. The summed E-state index contributed by atoms with van der Waals surface area (Å²) in [6.45, 7) is 8.85. The molecular formula is C25H29NO3. The van der Waals surface area contributed by atoms with Gasteiger partial charge < -0.3 is 14.8 Å². The van der Waals surface area contributed by atoms with Crippen LogP contribution in [0.25, 0.3) is 10.8 Å². The van der Waals surface area contributed by atoms with Crippen LogP contribution in [0, 0.1) is 6.92 Å². The Morgan fingerprint density at radius 2 is 1.72 bits per heavy atom. The molecule has 1 N–H and O–H groups in total. The van der Waals surface area contributed by atoms with Gasteiger partial charge in [-0.15, -0.1) is 0 Å². The molecule has 0 aliphatic heterocycles. The van der Waals surface area contributed by atoms with E-state index in [4.69, 9.17) is 9.47 Å². The number of aryl methyl sites for hydroxylation is 1. The van der Waals surface area contributed by atoms with Crippen LogP contribution in [-0.2, 0) is 4.79 Å². The second kappa shape index (κ2) is 9.46. The maximum absolute atomic E-state index is 12.4. The molecule has 0 saturated heterocycles. The van der Waals surface area contributed by atoms with Crippen molar-refractivity contribution in [2.45, 2.75) is 39.7 Å². The lowest BCUT2D eigenvalue weighted by atomic mass is 10.0. The first-order valence-electron chi connectivity index (χ1n) is 10.1. The molecule has 0 unspecified atom stereocenters. The zero-order chi connectivity index (χ0) is 20.8. The van der Waals surface area contributed by atoms with Crippen LogP contribution in [0.2, 0.25) is 0 Å². The summed E-state index contributed by atoms with van der Waals surface area (Å²) in [4.78, 5) is 12.4. The quantitative estimate of drug-likeness (QED) is 0.535. The monoisotopic (exact) mass is 391 g/mol. The Hall–Kier alpha value is -3.01. The largest absolute Gasteiger partial charge is 0.492 e. The average Bonchev–Trinajstić information content (AvgIpc) is 2.70.